The summed E-state index contributed by atoms with van der Waals surface area (Å²) >= 11 is 0. The lowest BCUT2D eigenvalue weighted by atomic mass is 10.0. The van der Waals surface area contributed by atoms with Crippen molar-refractivity contribution in [2.75, 3.05) is 32.2 Å². The second-order valence-corrected chi connectivity index (χ2v) is 15.4. The zero-order valence-corrected chi connectivity index (χ0v) is 35.9. The van der Waals surface area contributed by atoms with Gasteiger partial charge in [-0.25, -0.2) is 4.79 Å². The maximum atomic E-state index is 12.5. The summed E-state index contributed by atoms with van der Waals surface area (Å²) in [4.78, 5) is 14.8. The lowest BCUT2D eigenvalue weighted by molar-refractivity contribution is 0.0600. The highest BCUT2D eigenvalue weighted by Crippen LogP contribution is 2.30. The molecule has 1 rings (SSSR count). The third kappa shape index (κ3) is 22.8. The first-order valence-electron chi connectivity index (χ1n) is 20.0. The van der Waals surface area contributed by atoms with Gasteiger partial charge in [0.1, 0.15) is 5.75 Å². The Balaban J connectivity index is 2.92. The van der Waals surface area contributed by atoms with Gasteiger partial charge in [0.2, 0.25) is 0 Å². The predicted molar refractivity (Wildman–Crippen MR) is 233 cm³/mol. The Hall–Kier alpha value is -3.79. The Morgan fingerprint density at radius 2 is 0.849 bits per heavy atom. The Morgan fingerprint density at radius 1 is 0.509 bits per heavy atom. The molecular weight excluding hydrogens is 651 g/mol. The molecule has 0 aliphatic heterocycles. The number of hydrogen-bond acceptors (Lipinski definition) is 4. The number of carbonyl (C=O) groups excluding carboxylic acids is 1. The van der Waals surface area contributed by atoms with Gasteiger partial charge in [-0.2, -0.15) is 0 Å². The molecule has 0 aliphatic carbocycles. The molecule has 4 heteroatoms. The Bertz CT molecular complexity index is 1420. The number of ether oxygens (including phenoxy) is 2. The quantitative estimate of drug-likeness (QED) is 0.0743. The van der Waals surface area contributed by atoms with Crippen molar-refractivity contribution in [2.45, 2.75) is 146 Å². The van der Waals surface area contributed by atoms with Gasteiger partial charge in [-0.15, -0.1) is 0 Å². The normalized spacial score (nSPS) is 13.2. The van der Waals surface area contributed by atoms with E-state index in [9.17, 15) is 4.79 Å². The molecular formula is C49H75NO3. The minimum Gasteiger partial charge on any atom is -0.495 e. The molecule has 0 aliphatic rings. The molecule has 0 radical (unpaired) electrons. The van der Waals surface area contributed by atoms with Gasteiger partial charge in [-0.05, 0) is 164 Å². The first-order valence-corrected chi connectivity index (χ1v) is 20.0. The smallest absolute Gasteiger partial charge is 0.337 e. The molecule has 0 fully saturated rings. The van der Waals surface area contributed by atoms with Crippen LogP contribution in [0.5, 0.6) is 5.75 Å². The Labute approximate surface area is 326 Å². The van der Waals surface area contributed by atoms with E-state index in [1.54, 1.807) is 13.2 Å². The second kappa shape index (κ2) is 27.8. The molecule has 0 aromatic heterocycles. The highest BCUT2D eigenvalue weighted by Gasteiger charge is 2.15. The van der Waals surface area contributed by atoms with Gasteiger partial charge in [0.25, 0.3) is 0 Å². The van der Waals surface area contributed by atoms with Crippen LogP contribution in [0.3, 0.4) is 0 Å². The van der Waals surface area contributed by atoms with Gasteiger partial charge < -0.3 is 14.4 Å². The maximum absolute atomic E-state index is 12.5. The Morgan fingerprint density at radius 3 is 1.17 bits per heavy atom. The van der Waals surface area contributed by atoms with Crippen molar-refractivity contribution < 1.29 is 14.3 Å². The SMILES string of the molecule is COC(=O)c1ccc(OC)c(N(C/C=C(\C)CC/C=C(\C)CC/C=C(\C)CCC=C(C)C)C/C=C(\C)CC/C=C(\C)CC/C=C(\C)CCC=C(C)C)c1. The van der Waals surface area contributed by atoms with Crippen molar-refractivity contribution in [3.8, 4) is 5.75 Å². The fraction of sp³-hybridized carbons (Fsp3) is 0.531. The number of rotatable bonds is 25. The lowest BCUT2D eigenvalue weighted by Crippen LogP contribution is -2.25. The molecule has 0 saturated heterocycles. The van der Waals surface area contributed by atoms with Crippen LogP contribution in [-0.4, -0.2) is 33.3 Å². The summed E-state index contributed by atoms with van der Waals surface area (Å²) in [5, 5.41) is 0. The largest absolute Gasteiger partial charge is 0.495 e. The summed E-state index contributed by atoms with van der Waals surface area (Å²) in [5.41, 5.74) is 12.8. The van der Waals surface area contributed by atoms with E-state index < -0.39 is 0 Å². The number of hydrogen-bond donors (Lipinski definition) is 0. The van der Waals surface area contributed by atoms with Crippen molar-refractivity contribution in [3.63, 3.8) is 0 Å². The monoisotopic (exact) mass is 726 g/mol. The number of allylic oxidation sites excluding steroid dienone is 14. The van der Waals surface area contributed by atoms with Crippen LogP contribution < -0.4 is 9.64 Å². The van der Waals surface area contributed by atoms with Crippen molar-refractivity contribution in [2.24, 2.45) is 0 Å². The molecule has 0 bridgehead atoms. The van der Waals surface area contributed by atoms with Crippen LogP contribution in [0.25, 0.3) is 0 Å². The zero-order chi connectivity index (χ0) is 39.6. The third-order valence-electron chi connectivity index (χ3n) is 9.57. The third-order valence-corrected chi connectivity index (χ3v) is 9.57. The molecule has 0 atom stereocenters. The fourth-order valence-corrected chi connectivity index (χ4v) is 5.96. The van der Waals surface area contributed by atoms with Crippen LogP contribution in [0.15, 0.2) is 111 Å². The van der Waals surface area contributed by atoms with Gasteiger partial charge in [-0.3, -0.25) is 0 Å². The highest BCUT2D eigenvalue weighted by molar-refractivity contribution is 5.91. The van der Waals surface area contributed by atoms with Gasteiger partial charge in [0.15, 0.2) is 0 Å². The average molecular weight is 726 g/mol. The Kier molecular flexibility index (Phi) is 24.7. The number of carbonyl (C=O) groups is 1. The summed E-state index contributed by atoms with van der Waals surface area (Å²) in [6.07, 6.45) is 32.0. The summed E-state index contributed by atoms with van der Waals surface area (Å²) < 4.78 is 10.8. The van der Waals surface area contributed by atoms with Crippen molar-refractivity contribution >= 4 is 11.7 Å². The fourth-order valence-electron chi connectivity index (χ4n) is 5.96. The lowest BCUT2D eigenvalue weighted by Gasteiger charge is -2.25. The van der Waals surface area contributed by atoms with E-state index in [-0.39, 0.29) is 5.97 Å². The molecule has 53 heavy (non-hydrogen) atoms. The number of nitrogens with zero attached hydrogens (tertiary/aromatic N) is 1. The molecule has 0 heterocycles. The van der Waals surface area contributed by atoms with Gasteiger partial charge in [-0.1, -0.05) is 93.2 Å². The molecule has 0 amide bonds. The second-order valence-electron chi connectivity index (χ2n) is 15.4. The minimum atomic E-state index is -0.347. The highest BCUT2D eigenvalue weighted by atomic mass is 16.5. The van der Waals surface area contributed by atoms with Crippen LogP contribution >= 0.6 is 0 Å². The number of anilines is 1. The van der Waals surface area contributed by atoms with Crippen molar-refractivity contribution in [3.05, 3.63) is 117 Å². The molecule has 1 aromatic rings. The molecule has 294 valence electrons. The standard InChI is InChI=1S/C49H75NO3/c1-38(2)19-13-21-40(5)23-15-25-42(7)27-17-29-44(9)33-35-50(47-37-46(49(51)53-12)31-32-48(47)52-11)36-34-45(10)30-18-28-43(8)26-16-24-41(6)22-14-20-39(3)4/h19-20,23-24,27-28,31-34,37H,13-18,21-22,25-26,29-30,35-36H2,1-12H3/b40-23+,41-24+,42-27+,43-28+,44-33+,45-34+. The number of esters is 1. The van der Waals surface area contributed by atoms with Gasteiger partial charge in [0, 0.05) is 13.1 Å². The van der Waals surface area contributed by atoms with Crippen molar-refractivity contribution in [1.82, 2.24) is 0 Å². The molecule has 0 N–H and O–H groups in total. The summed E-state index contributed by atoms with van der Waals surface area (Å²) in [7, 11) is 3.11. The predicted octanol–water partition coefficient (Wildman–Crippen LogP) is 14.6. The van der Waals surface area contributed by atoms with E-state index in [0.29, 0.717) is 5.56 Å². The van der Waals surface area contributed by atoms with Crippen LogP contribution in [-0.2, 0) is 4.74 Å². The summed E-state index contributed by atoms with van der Waals surface area (Å²) in [6, 6.07) is 5.52. The first-order chi connectivity index (χ1) is 25.2. The number of methoxy groups -OCH3 is 2. The molecule has 0 unspecified atom stereocenters. The average Bonchev–Trinajstić information content (AvgIpc) is 3.10. The zero-order valence-electron chi connectivity index (χ0n) is 35.9. The summed E-state index contributed by atoms with van der Waals surface area (Å²) in [5.74, 6) is 0.398. The maximum Gasteiger partial charge on any atom is 0.337 e. The van der Waals surface area contributed by atoms with E-state index >= 15 is 0 Å². The first kappa shape index (κ1) is 47.2. The molecule has 0 saturated carbocycles. The molecule has 0 spiro atoms. The molecule has 4 nitrogen and oxygen atoms in total. The van der Waals surface area contributed by atoms with Crippen LogP contribution in [0.1, 0.15) is 157 Å². The van der Waals surface area contributed by atoms with E-state index in [2.05, 4.69) is 123 Å². The summed E-state index contributed by atoms with van der Waals surface area (Å²) in [6.45, 7) is 23.6. The topological polar surface area (TPSA) is 38.8 Å². The van der Waals surface area contributed by atoms with Gasteiger partial charge in [0.05, 0.1) is 25.5 Å². The van der Waals surface area contributed by atoms with E-state index in [0.717, 1.165) is 102 Å². The van der Waals surface area contributed by atoms with Crippen molar-refractivity contribution in [1.29, 1.82) is 0 Å². The van der Waals surface area contributed by atoms with E-state index in [1.807, 2.05) is 12.1 Å². The van der Waals surface area contributed by atoms with Crippen LogP contribution in [0.4, 0.5) is 5.69 Å². The van der Waals surface area contributed by atoms with Crippen LogP contribution in [0, 0.1) is 0 Å². The molecule has 1 aromatic carbocycles. The van der Waals surface area contributed by atoms with E-state index in [4.69, 9.17) is 9.47 Å². The van der Waals surface area contributed by atoms with Gasteiger partial charge >= 0.3 is 5.97 Å². The van der Waals surface area contributed by atoms with E-state index in [1.165, 1.54) is 51.7 Å². The number of benzene rings is 1. The minimum absolute atomic E-state index is 0.347. The van der Waals surface area contributed by atoms with Crippen LogP contribution in [0.2, 0.25) is 0 Å².